The molecule has 3 fully saturated rings. The van der Waals surface area contributed by atoms with Crippen LogP contribution in [0.15, 0.2) is 50.7 Å². The molecule has 6 atom stereocenters. The van der Waals surface area contributed by atoms with Crippen molar-refractivity contribution in [2.45, 2.75) is 71.3 Å². The van der Waals surface area contributed by atoms with Crippen molar-refractivity contribution in [1.29, 1.82) is 0 Å². The van der Waals surface area contributed by atoms with Crippen LogP contribution in [0, 0.1) is 28.6 Å². The Morgan fingerprint density at radius 2 is 1.97 bits per heavy atom. The fourth-order valence-corrected chi connectivity index (χ4v) is 7.26. The van der Waals surface area contributed by atoms with Gasteiger partial charge < -0.3 is 9.52 Å². The van der Waals surface area contributed by atoms with E-state index in [0.29, 0.717) is 11.3 Å². The maximum atomic E-state index is 10.2. The van der Waals surface area contributed by atoms with Gasteiger partial charge in [0.2, 0.25) is 0 Å². The van der Waals surface area contributed by atoms with Gasteiger partial charge in [-0.25, -0.2) is 0 Å². The largest absolute Gasteiger partial charge is 0.465 e. The summed E-state index contributed by atoms with van der Waals surface area (Å²) in [4.78, 5) is 0. The van der Waals surface area contributed by atoms with Gasteiger partial charge in [0.15, 0.2) is 0 Å². The van der Waals surface area contributed by atoms with Gasteiger partial charge in [0.05, 0.1) is 12.4 Å². The van der Waals surface area contributed by atoms with Crippen LogP contribution in [0.3, 0.4) is 0 Å². The summed E-state index contributed by atoms with van der Waals surface area (Å²) in [5.74, 6) is 3.06. The maximum Gasteiger partial charge on any atom is 0.126 e. The first kappa shape index (κ1) is 20.0. The number of aliphatic hydroxyl groups excluding tert-OH is 1. The van der Waals surface area contributed by atoms with Crippen LogP contribution in [0.25, 0.3) is 6.08 Å². The van der Waals surface area contributed by atoms with Crippen molar-refractivity contribution in [2.24, 2.45) is 38.8 Å². The predicted octanol–water partition coefficient (Wildman–Crippen LogP) is 6.04. The molecule has 160 valence electrons. The minimum Gasteiger partial charge on any atom is -0.465 e. The third-order valence-corrected chi connectivity index (χ3v) is 8.95. The second kappa shape index (κ2) is 7.64. The Hall–Kier alpha value is -1.94. The molecule has 1 aromatic rings. The Morgan fingerprint density at radius 1 is 1.13 bits per heavy atom. The summed E-state index contributed by atoms with van der Waals surface area (Å²) in [6.07, 6.45) is 18.6. The molecule has 0 unspecified atom stereocenters. The Bertz CT molecular complexity index is 896. The first-order chi connectivity index (χ1) is 14.5. The lowest BCUT2D eigenvalue weighted by Gasteiger charge is -2.57. The van der Waals surface area contributed by atoms with Crippen molar-refractivity contribution in [1.82, 2.24) is 0 Å². The van der Waals surface area contributed by atoms with Crippen LogP contribution in [-0.4, -0.2) is 23.1 Å². The van der Waals surface area contributed by atoms with E-state index in [1.54, 1.807) is 18.1 Å². The van der Waals surface area contributed by atoms with Gasteiger partial charge in [0, 0.05) is 17.3 Å². The van der Waals surface area contributed by atoms with E-state index in [9.17, 15) is 5.11 Å². The van der Waals surface area contributed by atoms with Gasteiger partial charge in [-0.05, 0) is 98.8 Å². The highest BCUT2D eigenvalue weighted by atomic mass is 16.3. The summed E-state index contributed by atoms with van der Waals surface area (Å²) in [5.41, 5.74) is 3.34. The van der Waals surface area contributed by atoms with Crippen LogP contribution in [0.1, 0.15) is 71.0 Å². The summed E-state index contributed by atoms with van der Waals surface area (Å²) >= 11 is 0. The number of allylic oxidation sites excluding steroid dienone is 2. The van der Waals surface area contributed by atoms with Crippen molar-refractivity contribution < 1.29 is 9.52 Å². The first-order valence-corrected chi connectivity index (χ1v) is 11.7. The quantitative estimate of drug-likeness (QED) is 0.378. The predicted molar refractivity (Wildman–Crippen MR) is 121 cm³/mol. The Balaban J connectivity index is 1.33. The van der Waals surface area contributed by atoms with Crippen LogP contribution in [-0.2, 0) is 0 Å². The minimum absolute atomic E-state index is 0.125. The summed E-state index contributed by atoms with van der Waals surface area (Å²) in [7, 11) is 0. The summed E-state index contributed by atoms with van der Waals surface area (Å²) in [5, 5.41) is 19.3. The number of aliphatic hydroxyl groups is 1. The van der Waals surface area contributed by atoms with Gasteiger partial charge in [0.25, 0.3) is 0 Å². The number of hydrogen-bond acceptors (Lipinski definition) is 4. The molecule has 0 saturated heterocycles. The van der Waals surface area contributed by atoms with E-state index in [1.165, 1.54) is 31.4 Å². The van der Waals surface area contributed by atoms with Gasteiger partial charge in [-0.15, -0.1) is 0 Å². The molecule has 5 rings (SSSR count). The van der Waals surface area contributed by atoms with Crippen molar-refractivity contribution in [3.8, 4) is 0 Å². The average Bonchev–Trinajstić information content (AvgIpc) is 3.36. The van der Waals surface area contributed by atoms with Gasteiger partial charge in [-0.1, -0.05) is 25.5 Å². The SMILES string of the molecule is C[C@]12CC[C@H](O)CC1=CC[C@H]1[C@H]2CC[C@]2(C)\C(=N/N=C\C=C\c3ccco3)CC[C@@H]12. The van der Waals surface area contributed by atoms with Gasteiger partial charge in [-0.2, -0.15) is 10.2 Å². The fourth-order valence-electron chi connectivity index (χ4n) is 7.26. The van der Waals surface area contributed by atoms with Gasteiger partial charge in [0.1, 0.15) is 5.76 Å². The second-order valence-corrected chi connectivity index (χ2v) is 10.3. The van der Waals surface area contributed by atoms with E-state index in [2.05, 4.69) is 25.0 Å². The third-order valence-electron chi connectivity index (χ3n) is 8.95. The summed E-state index contributed by atoms with van der Waals surface area (Å²) < 4.78 is 5.30. The Labute approximate surface area is 179 Å². The zero-order chi connectivity index (χ0) is 20.8. The average molecular weight is 407 g/mol. The molecule has 3 saturated carbocycles. The normalized spacial score (nSPS) is 42.4. The number of fused-ring (bicyclic) bond motifs is 5. The lowest BCUT2D eigenvalue weighted by atomic mass is 9.48. The monoisotopic (exact) mass is 406 g/mol. The van der Waals surface area contributed by atoms with E-state index >= 15 is 0 Å². The van der Waals surface area contributed by atoms with Crippen molar-refractivity contribution in [3.63, 3.8) is 0 Å². The zero-order valence-electron chi connectivity index (χ0n) is 18.3. The lowest BCUT2D eigenvalue weighted by Crippen LogP contribution is -2.50. The van der Waals surface area contributed by atoms with E-state index in [4.69, 9.17) is 9.52 Å². The molecule has 0 radical (unpaired) electrons. The molecule has 0 aromatic carbocycles. The van der Waals surface area contributed by atoms with Crippen LogP contribution in [0.5, 0.6) is 0 Å². The van der Waals surface area contributed by atoms with Crippen molar-refractivity contribution in [2.75, 3.05) is 0 Å². The topological polar surface area (TPSA) is 58.1 Å². The first-order valence-electron chi connectivity index (χ1n) is 11.7. The molecule has 1 N–H and O–H groups in total. The number of hydrogen-bond donors (Lipinski definition) is 1. The molecule has 1 heterocycles. The van der Waals surface area contributed by atoms with Gasteiger partial charge >= 0.3 is 0 Å². The van der Waals surface area contributed by atoms with Crippen LogP contribution in [0.2, 0.25) is 0 Å². The molecule has 0 bridgehead atoms. The molecule has 4 aliphatic carbocycles. The third kappa shape index (κ3) is 3.24. The molecule has 0 amide bonds. The van der Waals surface area contributed by atoms with Crippen LogP contribution in [0.4, 0.5) is 0 Å². The molecule has 4 heteroatoms. The van der Waals surface area contributed by atoms with Crippen molar-refractivity contribution >= 4 is 18.0 Å². The lowest BCUT2D eigenvalue weighted by molar-refractivity contribution is -0.0209. The van der Waals surface area contributed by atoms with Crippen molar-refractivity contribution in [3.05, 3.63) is 41.9 Å². The minimum atomic E-state index is -0.125. The standard InChI is InChI=1S/C26H34N2O2/c1-25-13-11-19(29)17-18(25)7-8-21-22-9-10-24(26(22,2)14-12-23(21)25)28-27-15-3-5-20-6-4-16-30-20/h3-7,15-16,19,21-23,29H,8-14,17H2,1-2H3/b5-3+,27-15-,28-24-/t19-,21+,22-,23+,25-,26-/m0/s1. The maximum absolute atomic E-state index is 10.2. The van der Waals surface area contributed by atoms with Gasteiger partial charge in [-0.3, -0.25) is 0 Å². The number of furan rings is 1. The van der Waals surface area contributed by atoms with E-state index in [0.717, 1.165) is 43.3 Å². The molecular formula is C26H34N2O2. The summed E-state index contributed by atoms with van der Waals surface area (Å²) in [6, 6.07) is 3.81. The number of nitrogens with zero attached hydrogens (tertiary/aromatic N) is 2. The Kier molecular flexibility index (Phi) is 5.09. The van der Waals surface area contributed by atoms with E-state index in [-0.39, 0.29) is 11.5 Å². The molecule has 0 spiro atoms. The van der Waals surface area contributed by atoms with E-state index in [1.807, 2.05) is 24.3 Å². The molecule has 1 aromatic heterocycles. The highest BCUT2D eigenvalue weighted by Gasteiger charge is 2.57. The second-order valence-electron chi connectivity index (χ2n) is 10.3. The highest BCUT2D eigenvalue weighted by molar-refractivity contribution is 5.93. The molecule has 30 heavy (non-hydrogen) atoms. The zero-order valence-corrected chi connectivity index (χ0v) is 18.3. The molecule has 4 nitrogen and oxygen atoms in total. The Morgan fingerprint density at radius 3 is 2.80 bits per heavy atom. The molecule has 4 aliphatic rings. The smallest absolute Gasteiger partial charge is 0.126 e. The van der Waals surface area contributed by atoms with E-state index < -0.39 is 0 Å². The van der Waals surface area contributed by atoms with Crippen LogP contribution < -0.4 is 0 Å². The number of rotatable bonds is 3. The summed E-state index contributed by atoms with van der Waals surface area (Å²) in [6.45, 7) is 4.93. The fraction of sp³-hybridized carbons (Fsp3) is 0.615. The molecule has 0 aliphatic heterocycles. The van der Waals surface area contributed by atoms with Crippen LogP contribution >= 0.6 is 0 Å². The highest BCUT2D eigenvalue weighted by Crippen LogP contribution is 2.64. The molecular weight excluding hydrogens is 372 g/mol.